The van der Waals surface area contributed by atoms with E-state index >= 15 is 0 Å². The lowest BCUT2D eigenvalue weighted by Crippen LogP contribution is -1.92. The molecule has 0 aromatic heterocycles. The first-order chi connectivity index (χ1) is 6.65. The van der Waals surface area contributed by atoms with Crippen LogP contribution in [0.1, 0.15) is 19.4 Å². The number of rotatable bonds is 3. The van der Waals surface area contributed by atoms with Crippen LogP contribution in [0.5, 0.6) is 0 Å². The van der Waals surface area contributed by atoms with Gasteiger partial charge in [0.1, 0.15) is 0 Å². The summed E-state index contributed by atoms with van der Waals surface area (Å²) in [5.41, 5.74) is 0.846. The van der Waals surface area contributed by atoms with E-state index in [0.717, 1.165) is 10.5 Å². The number of nitrogens with zero attached hydrogens (tertiary/aromatic N) is 1. The zero-order chi connectivity index (χ0) is 10.6. The summed E-state index contributed by atoms with van der Waals surface area (Å²) in [7, 11) is 0. The minimum absolute atomic E-state index is 0.445. The summed E-state index contributed by atoms with van der Waals surface area (Å²) < 4.78 is 0. The van der Waals surface area contributed by atoms with Crippen molar-refractivity contribution < 1.29 is 5.21 Å². The van der Waals surface area contributed by atoms with Gasteiger partial charge in [0, 0.05) is 15.7 Å². The van der Waals surface area contributed by atoms with E-state index in [1.165, 1.54) is 6.21 Å². The van der Waals surface area contributed by atoms with Crippen LogP contribution in [0.2, 0.25) is 5.02 Å². The SMILES string of the molecule is CC(C)Sc1c(Cl)cccc1/C=N/O. The normalized spacial score (nSPS) is 11.4. The lowest BCUT2D eigenvalue weighted by atomic mass is 10.2. The molecule has 0 amide bonds. The fourth-order valence-corrected chi connectivity index (χ4v) is 2.27. The predicted molar refractivity (Wildman–Crippen MR) is 61.8 cm³/mol. The molecular weight excluding hydrogens is 218 g/mol. The maximum atomic E-state index is 8.49. The Bertz CT molecular complexity index is 339. The van der Waals surface area contributed by atoms with Crippen LogP contribution < -0.4 is 0 Å². The first-order valence-corrected chi connectivity index (χ1v) is 5.53. The number of oxime groups is 1. The van der Waals surface area contributed by atoms with E-state index < -0.39 is 0 Å². The Kier molecular flexibility index (Phi) is 4.29. The number of benzene rings is 1. The van der Waals surface area contributed by atoms with Gasteiger partial charge in [-0.1, -0.05) is 42.7 Å². The van der Waals surface area contributed by atoms with E-state index in [9.17, 15) is 0 Å². The third-order valence-corrected chi connectivity index (χ3v) is 3.14. The van der Waals surface area contributed by atoms with Gasteiger partial charge >= 0.3 is 0 Å². The molecule has 76 valence electrons. The van der Waals surface area contributed by atoms with Gasteiger partial charge in [-0.25, -0.2) is 0 Å². The van der Waals surface area contributed by atoms with Gasteiger partial charge in [0.2, 0.25) is 0 Å². The average Bonchev–Trinajstić information content (AvgIpc) is 2.11. The molecule has 0 heterocycles. The molecule has 0 bridgehead atoms. The Labute approximate surface area is 93.0 Å². The highest BCUT2D eigenvalue weighted by Gasteiger charge is 2.07. The topological polar surface area (TPSA) is 32.6 Å². The largest absolute Gasteiger partial charge is 0.411 e. The molecule has 2 nitrogen and oxygen atoms in total. The van der Waals surface area contributed by atoms with Gasteiger partial charge in [-0.15, -0.1) is 11.8 Å². The highest BCUT2D eigenvalue weighted by atomic mass is 35.5. The molecule has 1 aromatic carbocycles. The highest BCUT2D eigenvalue weighted by molar-refractivity contribution is 8.00. The van der Waals surface area contributed by atoms with Gasteiger partial charge in [-0.05, 0) is 6.07 Å². The fourth-order valence-electron chi connectivity index (χ4n) is 1.05. The Balaban J connectivity index is 3.08. The third kappa shape index (κ3) is 2.93. The molecule has 4 heteroatoms. The molecule has 0 atom stereocenters. The molecule has 14 heavy (non-hydrogen) atoms. The van der Waals surface area contributed by atoms with Crippen LogP contribution in [0.25, 0.3) is 0 Å². The van der Waals surface area contributed by atoms with E-state index in [2.05, 4.69) is 19.0 Å². The summed E-state index contributed by atoms with van der Waals surface area (Å²) in [5.74, 6) is 0. The second kappa shape index (κ2) is 5.27. The van der Waals surface area contributed by atoms with Crippen LogP contribution in [0.3, 0.4) is 0 Å². The van der Waals surface area contributed by atoms with Crippen molar-refractivity contribution in [3.63, 3.8) is 0 Å². The molecule has 0 spiro atoms. The van der Waals surface area contributed by atoms with Crippen molar-refractivity contribution in [1.82, 2.24) is 0 Å². The predicted octanol–water partition coefficient (Wildman–Crippen LogP) is 3.65. The van der Waals surface area contributed by atoms with Crippen molar-refractivity contribution in [1.29, 1.82) is 0 Å². The first-order valence-electron chi connectivity index (χ1n) is 4.27. The summed E-state index contributed by atoms with van der Waals surface area (Å²) in [5, 5.41) is 12.6. The third-order valence-electron chi connectivity index (χ3n) is 1.55. The van der Waals surface area contributed by atoms with E-state index in [4.69, 9.17) is 16.8 Å². The minimum Gasteiger partial charge on any atom is -0.411 e. The van der Waals surface area contributed by atoms with Gasteiger partial charge in [0.05, 0.1) is 11.2 Å². The van der Waals surface area contributed by atoms with Crippen molar-refractivity contribution in [2.24, 2.45) is 5.16 Å². The maximum Gasteiger partial charge on any atom is 0.0745 e. The van der Waals surface area contributed by atoms with Gasteiger partial charge in [0.15, 0.2) is 0 Å². The van der Waals surface area contributed by atoms with Gasteiger partial charge < -0.3 is 5.21 Å². The molecule has 1 rings (SSSR count). The molecular formula is C10H12ClNOS. The minimum atomic E-state index is 0.445. The van der Waals surface area contributed by atoms with Crippen molar-refractivity contribution in [2.45, 2.75) is 24.0 Å². The Morgan fingerprint density at radius 3 is 2.79 bits per heavy atom. The molecule has 0 radical (unpaired) electrons. The number of halogens is 1. The number of hydrogen-bond acceptors (Lipinski definition) is 3. The number of thioether (sulfide) groups is 1. The monoisotopic (exact) mass is 229 g/mol. The van der Waals surface area contributed by atoms with Crippen molar-refractivity contribution in [2.75, 3.05) is 0 Å². The van der Waals surface area contributed by atoms with Crippen molar-refractivity contribution in [3.8, 4) is 0 Å². The molecule has 0 aliphatic carbocycles. The van der Waals surface area contributed by atoms with Gasteiger partial charge in [0.25, 0.3) is 0 Å². The molecule has 0 aliphatic rings. The van der Waals surface area contributed by atoms with Crippen LogP contribution >= 0.6 is 23.4 Å². The van der Waals surface area contributed by atoms with Crippen LogP contribution in [-0.2, 0) is 0 Å². The standard InChI is InChI=1S/C10H12ClNOS/c1-7(2)14-10-8(6-12-13)4-3-5-9(10)11/h3-7,13H,1-2H3/b12-6+. The molecule has 0 aliphatic heterocycles. The van der Waals surface area contributed by atoms with Gasteiger partial charge in [-0.3, -0.25) is 0 Å². The maximum absolute atomic E-state index is 8.49. The molecule has 0 saturated carbocycles. The highest BCUT2D eigenvalue weighted by Crippen LogP contribution is 2.32. The quantitative estimate of drug-likeness (QED) is 0.371. The van der Waals surface area contributed by atoms with Crippen LogP contribution in [0.4, 0.5) is 0 Å². The number of hydrogen-bond donors (Lipinski definition) is 1. The lowest BCUT2D eigenvalue weighted by molar-refractivity contribution is 0.322. The summed E-state index contributed by atoms with van der Waals surface area (Å²) in [4.78, 5) is 0.960. The van der Waals surface area contributed by atoms with E-state index in [0.29, 0.717) is 10.3 Å². The summed E-state index contributed by atoms with van der Waals surface area (Å²) in [6.07, 6.45) is 1.40. The Morgan fingerprint density at radius 2 is 2.21 bits per heavy atom. The molecule has 0 saturated heterocycles. The van der Waals surface area contributed by atoms with Crippen molar-refractivity contribution in [3.05, 3.63) is 28.8 Å². The summed E-state index contributed by atoms with van der Waals surface area (Å²) >= 11 is 7.70. The van der Waals surface area contributed by atoms with Crippen molar-refractivity contribution >= 4 is 29.6 Å². The van der Waals surface area contributed by atoms with Gasteiger partial charge in [-0.2, -0.15) is 0 Å². The first kappa shape index (κ1) is 11.4. The molecule has 0 fully saturated rings. The zero-order valence-corrected chi connectivity index (χ0v) is 9.64. The van der Waals surface area contributed by atoms with E-state index in [-0.39, 0.29) is 0 Å². The average molecular weight is 230 g/mol. The smallest absolute Gasteiger partial charge is 0.0745 e. The summed E-state index contributed by atoms with van der Waals surface area (Å²) in [6, 6.07) is 5.54. The zero-order valence-electron chi connectivity index (χ0n) is 8.07. The van der Waals surface area contributed by atoms with E-state index in [1.807, 2.05) is 18.2 Å². The Hall–Kier alpha value is -0.670. The van der Waals surface area contributed by atoms with Crippen LogP contribution in [0, 0.1) is 0 Å². The Morgan fingerprint density at radius 1 is 1.50 bits per heavy atom. The molecule has 1 aromatic rings. The second-order valence-electron chi connectivity index (χ2n) is 3.07. The van der Waals surface area contributed by atoms with E-state index in [1.54, 1.807) is 11.8 Å². The fraction of sp³-hybridized carbons (Fsp3) is 0.300. The lowest BCUT2D eigenvalue weighted by Gasteiger charge is -2.09. The van der Waals surface area contributed by atoms with Crippen LogP contribution in [-0.4, -0.2) is 16.7 Å². The molecule has 1 N–H and O–H groups in total. The van der Waals surface area contributed by atoms with Crippen LogP contribution in [0.15, 0.2) is 28.3 Å². The second-order valence-corrected chi connectivity index (χ2v) is 5.06. The summed E-state index contributed by atoms with van der Waals surface area (Å²) in [6.45, 7) is 4.18. The molecule has 0 unspecified atom stereocenters.